The van der Waals surface area contributed by atoms with Crippen molar-refractivity contribution in [3.63, 3.8) is 0 Å². The third kappa shape index (κ3) is 4.38. The van der Waals surface area contributed by atoms with E-state index in [0.717, 1.165) is 60.0 Å². The first-order valence-electron chi connectivity index (χ1n) is 10.5. The van der Waals surface area contributed by atoms with Crippen molar-refractivity contribution in [2.75, 3.05) is 13.2 Å². The molecule has 4 nitrogen and oxygen atoms in total. The van der Waals surface area contributed by atoms with Gasteiger partial charge < -0.3 is 14.6 Å². The lowest BCUT2D eigenvalue weighted by atomic mass is 9.91. The highest BCUT2D eigenvalue weighted by Gasteiger charge is 2.26. The van der Waals surface area contributed by atoms with Crippen LogP contribution in [0.1, 0.15) is 30.2 Å². The lowest BCUT2D eigenvalue weighted by molar-refractivity contribution is -0.143. The second-order valence-electron chi connectivity index (χ2n) is 7.75. The molecule has 0 bridgehead atoms. The number of hydrogen-bond acceptors (Lipinski definition) is 3. The van der Waals surface area contributed by atoms with E-state index in [1.807, 2.05) is 10.6 Å². The van der Waals surface area contributed by atoms with Gasteiger partial charge in [-0.2, -0.15) is 0 Å². The normalized spacial score (nSPS) is 15.9. The number of carbonyl (C=O) groups excluding carboxylic acids is 1. The zero-order valence-electron chi connectivity index (χ0n) is 17.1. The molecule has 158 valence electrons. The first-order valence-corrected chi connectivity index (χ1v) is 10.5. The number of fused-ring (bicyclic) bond motifs is 3. The van der Waals surface area contributed by atoms with E-state index < -0.39 is 0 Å². The maximum Gasteiger partial charge on any atom is 0.325 e. The van der Waals surface area contributed by atoms with Crippen LogP contribution >= 0.6 is 0 Å². The molecule has 0 amide bonds. The molecule has 0 unspecified atom stereocenters. The third-order valence-electron chi connectivity index (χ3n) is 5.76. The highest BCUT2D eigenvalue weighted by Crippen LogP contribution is 2.33. The molecule has 1 aliphatic rings. The lowest BCUT2D eigenvalue weighted by Gasteiger charge is -2.25. The van der Waals surface area contributed by atoms with E-state index >= 15 is 0 Å². The SMILES string of the molecule is CCOC(=O)Cn1c2c(c3cc(F)ccc31)C[C@@H](NCCc1cccc(F)c1)CC2. The summed E-state index contributed by atoms with van der Waals surface area (Å²) in [5, 5.41) is 4.43. The third-order valence-corrected chi connectivity index (χ3v) is 5.76. The molecule has 2 aromatic carbocycles. The van der Waals surface area contributed by atoms with E-state index in [4.69, 9.17) is 4.74 Å². The first-order chi connectivity index (χ1) is 14.5. The molecule has 4 rings (SSSR count). The summed E-state index contributed by atoms with van der Waals surface area (Å²) in [6.45, 7) is 3.02. The Hall–Kier alpha value is -2.73. The fraction of sp³-hybridized carbons (Fsp3) is 0.375. The van der Waals surface area contributed by atoms with E-state index in [2.05, 4.69) is 5.32 Å². The van der Waals surface area contributed by atoms with E-state index in [9.17, 15) is 13.6 Å². The molecule has 0 fully saturated rings. The second kappa shape index (κ2) is 8.96. The van der Waals surface area contributed by atoms with Crippen LogP contribution in [-0.4, -0.2) is 29.7 Å². The Balaban J connectivity index is 1.51. The molecule has 30 heavy (non-hydrogen) atoms. The van der Waals surface area contributed by atoms with Gasteiger partial charge in [-0.05, 0) is 80.6 Å². The summed E-state index contributed by atoms with van der Waals surface area (Å²) >= 11 is 0. The highest BCUT2D eigenvalue weighted by atomic mass is 19.1. The summed E-state index contributed by atoms with van der Waals surface area (Å²) in [6.07, 6.45) is 3.26. The molecule has 6 heteroatoms. The van der Waals surface area contributed by atoms with Gasteiger partial charge in [-0.25, -0.2) is 8.78 Å². The van der Waals surface area contributed by atoms with Crippen molar-refractivity contribution < 1.29 is 18.3 Å². The van der Waals surface area contributed by atoms with Gasteiger partial charge in [-0.15, -0.1) is 0 Å². The van der Waals surface area contributed by atoms with Crippen molar-refractivity contribution in [3.05, 3.63) is 70.9 Å². The van der Waals surface area contributed by atoms with E-state index in [0.29, 0.717) is 6.61 Å². The number of rotatable bonds is 7. The molecule has 0 radical (unpaired) electrons. The Kier molecular flexibility index (Phi) is 6.13. The van der Waals surface area contributed by atoms with Crippen molar-refractivity contribution in [1.29, 1.82) is 0 Å². The van der Waals surface area contributed by atoms with Gasteiger partial charge in [0.2, 0.25) is 0 Å². The quantitative estimate of drug-likeness (QED) is 0.593. The summed E-state index contributed by atoms with van der Waals surface area (Å²) in [6, 6.07) is 11.7. The summed E-state index contributed by atoms with van der Waals surface area (Å²) in [7, 11) is 0. The average Bonchev–Trinajstić information content (AvgIpc) is 3.01. The number of benzene rings is 2. The summed E-state index contributed by atoms with van der Waals surface area (Å²) in [5.74, 6) is -0.775. The number of esters is 1. The fourth-order valence-electron chi connectivity index (χ4n) is 4.43. The molecule has 0 aliphatic heterocycles. The molecule has 1 aliphatic carbocycles. The Labute approximate surface area is 174 Å². The molecular formula is C24H26F2N2O2. The Bertz CT molecular complexity index is 1060. The summed E-state index contributed by atoms with van der Waals surface area (Å²) < 4.78 is 34.4. The van der Waals surface area contributed by atoms with Crippen LogP contribution in [0.2, 0.25) is 0 Å². The van der Waals surface area contributed by atoms with Gasteiger partial charge in [0.25, 0.3) is 0 Å². The van der Waals surface area contributed by atoms with Crippen LogP contribution in [0.4, 0.5) is 8.78 Å². The van der Waals surface area contributed by atoms with Crippen molar-refractivity contribution >= 4 is 16.9 Å². The molecule has 0 saturated heterocycles. The van der Waals surface area contributed by atoms with Crippen molar-refractivity contribution in [2.45, 2.75) is 45.2 Å². The minimum Gasteiger partial charge on any atom is -0.465 e. The number of nitrogens with zero attached hydrogens (tertiary/aromatic N) is 1. The van der Waals surface area contributed by atoms with Gasteiger partial charge in [0.1, 0.15) is 18.2 Å². The highest BCUT2D eigenvalue weighted by molar-refractivity contribution is 5.87. The zero-order valence-corrected chi connectivity index (χ0v) is 17.1. The first kappa shape index (κ1) is 20.5. The standard InChI is InChI=1S/C24H26F2N2O2/c1-2-30-24(29)15-28-22-8-6-18(26)13-20(22)21-14-19(7-9-23(21)28)27-11-10-16-4-3-5-17(25)12-16/h3-6,8,12-13,19,27H,2,7,9-11,14-15H2,1H3/t19-/m0/s1. The number of ether oxygens (including phenoxy) is 1. The maximum absolute atomic E-state index is 14.0. The van der Waals surface area contributed by atoms with Gasteiger partial charge in [-0.1, -0.05) is 12.1 Å². The van der Waals surface area contributed by atoms with Crippen LogP contribution in [-0.2, 0) is 35.3 Å². The second-order valence-corrected chi connectivity index (χ2v) is 7.75. The summed E-state index contributed by atoms with van der Waals surface area (Å²) in [5.41, 5.74) is 4.03. The van der Waals surface area contributed by atoms with Gasteiger partial charge in [0, 0.05) is 22.6 Å². The Morgan fingerprint density at radius 1 is 1.20 bits per heavy atom. The van der Waals surface area contributed by atoms with Crippen LogP contribution < -0.4 is 5.32 Å². The monoisotopic (exact) mass is 412 g/mol. The number of carbonyl (C=O) groups is 1. The molecule has 1 atom stereocenters. The smallest absolute Gasteiger partial charge is 0.325 e. The number of aromatic nitrogens is 1. The topological polar surface area (TPSA) is 43.3 Å². The molecule has 1 N–H and O–H groups in total. The van der Waals surface area contributed by atoms with Gasteiger partial charge in [-0.3, -0.25) is 4.79 Å². The molecule has 1 heterocycles. The molecule has 0 saturated carbocycles. The zero-order chi connectivity index (χ0) is 21.1. The summed E-state index contributed by atoms with van der Waals surface area (Å²) in [4.78, 5) is 12.1. The van der Waals surface area contributed by atoms with Crippen LogP contribution in [0, 0.1) is 11.6 Å². The Morgan fingerprint density at radius 3 is 2.83 bits per heavy atom. The Morgan fingerprint density at radius 2 is 2.03 bits per heavy atom. The van der Waals surface area contributed by atoms with Crippen LogP contribution in [0.5, 0.6) is 0 Å². The van der Waals surface area contributed by atoms with E-state index in [-0.39, 0.29) is 30.2 Å². The number of halogens is 2. The van der Waals surface area contributed by atoms with Crippen LogP contribution in [0.25, 0.3) is 10.9 Å². The fourth-order valence-corrected chi connectivity index (χ4v) is 4.43. The molecule has 1 aromatic heterocycles. The predicted molar refractivity (Wildman–Crippen MR) is 112 cm³/mol. The molecular weight excluding hydrogens is 386 g/mol. The van der Waals surface area contributed by atoms with Gasteiger partial charge in [0.15, 0.2) is 0 Å². The van der Waals surface area contributed by atoms with E-state index in [1.54, 1.807) is 31.2 Å². The average molecular weight is 412 g/mol. The van der Waals surface area contributed by atoms with Crippen molar-refractivity contribution in [1.82, 2.24) is 9.88 Å². The number of nitrogens with one attached hydrogen (secondary N) is 1. The van der Waals surface area contributed by atoms with Crippen molar-refractivity contribution in [2.24, 2.45) is 0 Å². The van der Waals surface area contributed by atoms with Crippen LogP contribution in [0.15, 0.2) is 42.5 Å². The maximum atomic E-state index is 14.0. The van der Waals surface area contributed by atoms with Crippen molar-refractivity contribution in [3.8, 4) is 0 Å². The van der Waals surface area contributed by atoms with E-state index in [1.165, 1.54) is 12.1 Å². The minimum atomic E-state index is -0.281. The van der Waals surface area contributed by atoms with Crippen LogP contribution in [0.3, 0.4) is 0 Å². The number of hydrogen-bond donors (Lipinski definition) is 1. The predicted octanol–water partition coefficient (Wildman–Crippen LogP) is 4.17. The largest absolute Gasteiger partial charge is 0.465 e. The van der Waals surface area contributed by atoms with Gasteiger partial charge >= 0.3 is 5.97 Å². The minimum absolute atomic E-state index is 0.142. The van der Waals surface area contributed by atoms with Gasteiger partial charge in [0.05, 0.1) is 6.61 Å². The molecule has 3 aromatic rings. The molecule has 0 spiro atoms. The lowest BCUT2D eigenvalue weighted by Crippen LogP contribution is -2.36.